The van der Waals surface area contributed by atoms with E-state index in [1.165, 1.54) is 30.2 Å². The fourth-order valence-corrected chi connectivity index (χ4v) is 5.40. The number of amides is 1. The van der Waals surface area contributed by atoms with E-state index in [9.17, 15) is 19.1 Å². The monoisotopic (exact) mass is 532 g/mol. The second kappa shape index (κ2) is 10.3. The highest BCUT2D eigenvalue weighted by Gasteiger charge is 2.48. The lowest BCUT2D eigenvalue weighted by Crippen LogP contribution is -2.29. The van der Waals surface area contributed by atoms with Crippen molar-refractivity contribution < 1.29 is 28.6 Å². The molecule has 0 unspecified atom stereocenters. The number of Topliss-reactive ketones (excluding diaryl/α,β-unsaturated/α-hetero) is 1. The van der Waals surface area contributed by atoms with Gasteiger partial charge in [-0.3, -0.25) is 14.5 Å². The Labute approximate surface area is 222 Å². The van der Waals surface area contributed by atoms with Gasteiger partial charge in [-0.05, 0) is 49.2 Å². The maximum atomic E-state index is 13.9. The number of halogens is 1. The molecule has 38 heavy (non-hydrogen) atoms. The van der Waals surface area contributed by atoms with Crippen LogP contribution in [0.2, 0.25) is 0 Å². The molecule has 4 aromatic rings. The van der Waals surface area contributed by atoms with Crippen molar-refractivity contribution in [2.45, 2.75) is 26.3 Å². The predicted molar refractivity (Wildman–Crippen MR) is 144 cm³/mol. The number of rotatable bonds is 7. The average Bonchev–Trinajstić information content (AvgIpc) is 3.44. The molecule has 0 spiro atoms. The Morgan fingerprint density at radius 3 is 2.55 bits per heavy atom. The van der Waals surface area contributed by atoms with Crippen molar-refractivity contribution in [1.82, 2.24) is 4.98 Å². The van der Waals surface area contributed by atoms with Crippen molar-refractivity contribution in [2.75, 3.05) is 18.6 Å². The SMILES string of the molecule is CCCOc1ccc([C@H]2/C(=C(\O)c3ccc(C)cc3)C(=O)C(=O)N2c2nc3ccc(F)cc3s2)cc1OC. The smallest absolute Gasteiger partial charge is 0.301 e. The van der Waals surface area contributed by atoms with Crippen LogP contribution in [0, 0.1) is 12.7 Å². The van der Waals surface area contributed by atoms with E-state index in [1.54, 1.807) is 30.3 Å². The van der Waals surface area contributed by atoms with Crippen LogP contribution < -0.4 is 14.4 Å². The Morgan fingerprint density at radius 1 is 1.08 bits per heavy atom. The Balaban J connectivity index is 1.71. The van der Waals surface area contributed by atoms with Crippen molar-refractivity contribution in [3.8, 4) is 11.5 Å². The number of fused-ring (bicyclic) bond motifs is 1. The van der Waals surface area contributed by atoms with E-state index in [-0.39, 0.29) is 16.5 Å². The number of ether oxygens (including phenoxy) is 2. The molecule has 2 heterocycles. The largest absolute Gasteiger partial charge is 0.507 e. The highest BCUT2D eigenvalue weighted by atomic mass is 32.1. The molecular formula is C29H25FN2O5S. The lowest BCUT2D eigenvalue weighted by molar-refractivity contribution is -0.132. The summed E-state index contributed by atoms with van der Waals surface area (Å²) in [4.78, 5) is 32.7. The molecule has 1 N–H and O–H groups in total. The van der Waals surface area contributed by atoms with Gasteiger partial charge in [0.15, 0.2) is 16.6 Å². The number of methoxy groups -OCH3 is 1. The van der Waals surface area contributed by atoms with Crippen LogP contribution in [0.15, 0.2) is 66.2 Å². The number of thiazole rings is 1. The number of aliphatic hydroxyl groups is 1. The molecule has 5 rings (SSSR count). The molecule has 1 amide bonds. The van der Waals surface area contributed by atoms with Crippen molar-refractivity contribution in [1.29, 1.82) is 0 Å². The molecule has 0 bridgehead atoms. The number of benzene rings is 3. The Kier molecular flexibility index (Phi) is 6.86. The lowest BCUT2D eigenvalue weighted by atomic mass is 9.95. The topological polar surface area (TPSA) is 89.0 Å². The van der Waals surface area contributed by atoms with Gasteiger partial charge >= 0.3 is 5.91 Å². The van der Waals surface area contributed by atoms with Gasteiger partial charge in [-0.15, -0.1) is 0 Å². The summed E-state index contributed by atoms with van der Waals surface area (Å²) in [5.41, 5.74) is 2.32. The predicted octanol–water partition coefficient (Wildman–Crippen LogP) is 6.17. The zero-order chi connectivity index (χ0) is 27.0. The summed E-state index contributed by atoms with van der Waals surface area (Å²) < 4.78 is 25.7. The summed E-state index contributed by atoms with van der Waals surface area (Å²) >= 11 is 1.09. The minimum atomic E-state index is -1.00. The molecule has 7 nitrogen and oxygen atoms in total. The highest BCUT2D eigenvalue weighted by Crippen LogP contribution is 2.46. The van der Waals surface area contributed by atoms with E-state index in [1.807, 2.05) is 26.0 Å². The van der Waals surface area contributed by atoms with E-state index in [0.717, 1.165) is 23.3 Å². The third-order valence-electron chi connectivity index (χ3n) is 6.28. The van der Waals surface area contributed by atoms with Gasteiger partial charge in [0.1, 0.15) is 11.6 Å². The van der Waals surface area contributed by atoms with Crippen LogP contribution in [-0.2, 0) is 9.59 Å². The number of nitrogens with zero attached hydrogens (tertiary/aromatic N) is 2. The number of anilines is 1. The van der Waals surface area contributed by atoms with Crippen molar-refractivity contribution in [3.63, 3.8) is 0 Å². The molecule has 1 aromatic heterocycles. The lowest BCUT2D eigenvalue weighted by Gasteiger charge is -2.24. The van der Waals surface area contributed by atoms with Gasteiger partial charge in [-0.1, -0.05) is 54.2 Å². The summed E-state index contributed by atoms with van der Waals surface area (Å²) in [6.45, 7) is 4.39. The summed E-state index contributed by atoms with van der Waals surface area (Å²) in [6, 6.07) is 15.3. The maximum absolute atomic E-state index is 13.9. The van der Waals surface area contributed by atoms with E-state index >= 15 is 0 Å². The molecule has 9 heteroatoms. The number of aliphatic hydroxyl groups excluding tert-OH is 1. The van der Waals surface area contributed by atoms with Crippen LogP contribution in [0.4, 0.5) is 9.52 Å². The molecule has 3 aromatic carbocycles. The minimum Gasteiger partial charge on any atom is -0.507 e. The molecule has 1 aliphatic heterocycles. The number of aromatic nitrogens is 1. The number of carbonyl (C=O) groups excluding carboxylic acids is 2. The normalized spacial score (nSPS) is 16.8. The second-order valence-electron chi connectivity index (χ2n) is 8.90. The number of hydrogen-bond acceptors (Lipinski definition) is 7. The van der Waals surface area contributed by atoms with Gasteiger partial charge in [-0.2, -0.15) is 0 Å². The first-order valence-electron chi connectivity index (χ1n) is 12.1. The zero-order valence-corrected chi connectivity index (χ0v) is 21.8. The van der Waals surface area contributed by atoms with Crippen molar-refractivity contribution in [3.05, 3.63) is 88.7 Å². The average molecular weight is 533 g/mol. The first kappa shape index (κ1) is 25.4. The quantitative estimate of drug-likeness (QED) is 0.174. The summed E-state index contributed by atoms with van der Waals surface area (Å²) in [5, 5.41) is 11.5. The summed E-state index contributed by atoms with van der Waals surface area (Å²) in [6.07, 6.45) is 0.805. The number of aryl methyl sites for hydroxylation is 1. The first-order valence-corrected chi connectivity index (χ1v) is 12.9. The summed E-state index contributed by atoms with van der Waals surface area (Å²) in [7, 11) is 1.50. The van der Waals surface area contributed by atoms with E-state index in [2.05, 4.69) is 4.98 Å². The molecule has 0 saturated carbocycles. The number of ketones is 1. The molecule has 0 radical (unpaired) electrons. The Bertz CT molecular complexity index is 1580. The van der Waals surface area contributed by atoms with E-state index in [4.69, 9.17) is 9.47 Å². The third-order valence-corrected chi connectivity index (χ3v) is 7.30. The molecule has 1 atom stereocenters. The standard InChI is InChI=1S/C29H25FN2O5S/c1-4-13-37-21-12-9-18(14-22(21)36-3)25-24(26(33)17-7-5-16(2)6-8-17)27(34)28(35)32(25)29-31-20-11-10-19(30)15-23(20)38-29/h5-12,14-15,25,33H,4,13H2,1-3H3/b26-24+/t25-/m0/s1. The van der Waals surface area contributed by atoms with E-state index in [0.29, 0.717) is 39.4 Å². The number of carbonyl (C=O) groups is 2. The zero-order valence-electron chi connectivity index (χ0n) is 21.0. The molecule has 194 valence electrons. The van der Waals surface area contributed by atoms with Crippen LogP contribution in [-0.4, -0.2) is 35.5 Å². The van der Waals surface area contributed by atoms with Gasteiger partial charge < -0.3 is 14.6 Å². The highest BCUT2D eigenvalue weighted by molar-refractivity contribution is 7.22. The van der Waals surface area contributed by atoms with Crippen LogP contribution in [0.25, 0.3) is 16.0 Å². The molecular weight excluding hydrogens is 507 g/mol. The van der Waals surface area contributed by atoms with Crippen molar-refractivity contribution in [2.24, 2.45) is 0 Å². The van der Waals surface area contributed by atoms with Crippen molar-refractivity contribution >= 4 is 44.1 Å². The van der Waals surface area contributed by atoms with Crippen LogP contribution in [0.3, 0.4) is 0 Å². The fraction of sp³-hybridized carbons (Fsp3) is 0.207. The van der Waals surface area contributed by atoms with Gasteiger partial charge in [-0.25, -0.2) is 9.37 Å². The third kappa shape index (κ3) is 4.50. The van der Waals surface area contributed by atoms with E-state index < -0.39 is 23.5 Å². The van der Waals surface area contributed by atoms with Gasteiger partial charge in [0, 0.05) is 5.56 Å². The number of hydrogen-bond donors (Lipinski definition) is 1. The fourth-order valence-electron chi connectivity index (χ4n) is 4.39. The summed E-state index contributed by atoms with van der Waals surface area (Å²) in [5.74, 6) is -1.48. The van der Waals surface area contributed by atoms with Crippen LogP contribution in [0.1, 0.15) is 36.1 Å². The maximum Gasteiger partial charge on any atom is 0.301 e. The van der Waals surface area contributed by atoms with Gasteiger partial charge in [0.05, 0.1) is 35.5 Å². The molecule has 1 fully saturated rings. The first-order chi connectivity index (χ1) is 18.3. The van der Waals surface area contributed by atoms with Gasteiger partial charge in [0.25, 0.3) is 5.78 Å². The van der Waals surface area contributed by atoms with Crippen LogP contribution in [0.5, 0.6) is 11.5 Å². The Morgan fingerprint density at radius 2 is 1.84 bits per heavy atom. The Hall–Kier alpha value is -4.24. The molecule has 0 aliphatic carbocycles. The van der Waals surface area contributed by atoms with Crippen LogP contribution >= 0.6 is 11.3 Å². The molecule has 1 aliphatic rings. The second-order valence-corrected chi connectivity index (χ2v) is 9.91. The minimum absolute atomic E-state index is 0.0754. The molecule has 1 saturated heterocycles. The van der Waals surface area contributed by atoms with Gasteiger partial charge in [0.2, 0.25) is 0 Å².